The zero-order valence-corrected chi connectivity index (χ0v) is 12.9. The second-order valence-electron chi connectivity index (χ2n) is 5.29. The van der Waals surface area contributed by atoms with E-state index in [4.69, 9.17) is 4.74 Å². The summed E-state index contributed by atoms with van der Waals surface area (Å²) in [7, 11) is 6.86. The van der Waals surface area contributed by atoms with Gasteiger partial charge in [0.05, 0.1) is 18.1 Å². The monoisotopic (exact) mass is 294 g/mol. The Hall–Kier alpha value is -1.92. The van der Waals surface area contributed by atoms with Crippen molar-refractivity contribution in [3.63, 3.8) is 0 Å². The molecule has 1 amide bonds. The van der Waals surface area contributed by atoms with E-state index >= 15 is 0 Å². The number of carbonyl (C=O) groups is 2. The number of esters is 1. The molecule has 1 aromatic rings. The van der Waals surface area contributed by atoms with E-state index in [2.05, 4.69) is 0 Å². The van der Waals surface area contributed by atoms with Crippen molar-refractivity contribution >= 4 is 11.9 Å². The smallest absolute Gasteiger partial charge is 0.313 e. The Bertz CT molecular complexity index is 500. The first kappa shape index (κ1) is 17.1. The zero-order chi connectivity index (χ0) is 16.0. The lowest BCUT2D eigenvalue weighted by Crippen LogP contribution is -2.29. The highest BCUT2D eigenvalue weighted by molar-refractivity contribution is 5.97. The van der Waals surface area contributed by atoms with Crippen molar-refractivity contribution in [3.05, 3.63) is 29.8 Å². The summed E-state index contributed by atoms with van der Waals surface area (Å²) in [6.45, 7) is 0.368. The number of rotatable bonds is 6. The minimum absolute atomic E-state index is 0.122. The van der Waals surface area contributed by atoms with Crippen LogP contribution < -0.4 is 4.74 Å². The average Bonchev–Trinajstić information content (AvgIpc) is 2.37. The molecule has 0 aromatic heterocycles. The quantitative estimate of drug-likeness (QED) is 0.615. The zero-order valence-electron chi connectivity index (χ0n) is 12.9. The lowest BCUT2D eigenvalue weighted by Gasteiger charge is -2.16. The molecule has 21 heavy (non-hydrogen) atoms. The second kappa shape index (κ2) is 7.75. The van der Waals surface area contributed by atoms with Crippen LogP contribution in [0.3, 0.4) is 0 Å². The molecule has 0 aliphatic carbocycles. The number of aliphatic hydroxyl groups is 1. The van der Waals surface area contributed by atoms with Crippen LogP contribution in [0.2, 0.25) is 0 Å². The van der Waals surface area contributed by atoms with E-state index < -0.39 is 12.1 Å². The predicted molar refractivity (Wildman–Crippen MR) is 79.3 cm³/mol. The largest absolute Gasteiger partial charge is 0.426 e. The third kappa shape index (κ3) is 5.53. The number of nitrogens with zero attached hydrogens (tertiary/aromatic N) is 2. The second-order valence-corrected chi connectivity index (χ2v) is 5.29. The van der Waals surface area contributed by atoms with Crippen LogP contribution in [0, 0.1) is 0 Å². The van der Waals surface area contributed by atoms with Crippen LogP contribution in [0.5, 0.6) is 5.75 Å². The molecule has 1 unspecified atom stereocenters. The van der Waals surface area contributed by atoms with Crippen LogP contribution in [0.25, 0.3) is 0 Å². The van der Waals surface area contributed by atoms with Crippen LogP contribution in [-0.4, -0.2) is 67.6 Å². The summed E-state index contributed by atoms with van der Waals surface area (Å²) in [5.41, 5.74) is 0.318. The number of hydrogen-bond donors (Lipinski definition) is 1. The number of likely N-dealkylation sites (N-methyl/N-ethyl adjacent to an activating group) is 1. The third-order valence-electron chi connectivity index (χ3n) is 2.73. The molecule has 0 radical (unpaired) electrons. The van der Waals surface area contributed by atoms with Crippen LogP contribution >= 0.6 is 0 Å². The summed E-state index contributed by atoms with van der Waals surface area (Å²) < 4.78 is 5.20. The van der Waals surface area contributed by atoms with E-state index in [9.17, 15) is 14.7 Å². The maximum absolute atomic E-state index is 12.0. The van der Waals surface area contributed by atoms with Gasteiger partial charge >= 0.3 is 5.97 Å². The van der Waals surface area contributed by atoms with E-state index in [0.717, 1.165) is 0 Å². The molecule has 6 heteroatoms. The van der Waals surface area contributed by atoms with Gasteiger partial charge in [0.1, 0.15) is 5.75 Å². The minimum atomic E-state index is -0.802. The first-order chi connectivity index (χ1) is 9.81. The SMILES string of the molecule is CN(C)CC(O)CC(=O)Oc1ccccc1C(=O)N(C)C. The summed E-state index contributed by atoms with van der Waals surface area (Å²) in [5, 5.41) is 9.72. The van der Waals surface area contributed by atoms with E-state index in [1.165, 1.54) is 4.90 Å². The average molecular weight is 294 g/mol. The lowest BCUT2D eigenvalue weighted by atomic mass is 10.2. The molecule has 0 bridgehead atoms. The van der Waals surface area contributed by atoms with Crippen molar-refractivity contribution in [1.82, 2.24) is 9.80 Å². The number of benzene rings is 1. The van der Waals surface area contributed by atoms with Crippen molar-refractivity contribution in [2.45, 2.75) is 12.5 Å². The number of aliphatic hydroxyl groups excluding tert-OH is 1. The Labute approximate surface area is 124 Å². The standard InChI is InChI=1S/C15H22N2O4/c1-16(2)10-11(18)9-14(19)21-13-8-6-5-7-12(13)15(20)17(3)4/h5-8,11,18H,9-10H2,1-4H3. The van der Waals surface area contributed by atoms with Gasteiger partial charge in [-0.1, -0.05) is 12.1 Å². The van der Waals surface area contributed by atoms with Gasteiger partial charge in [0.2, 0.25) is 0 Å². The Morgan fingerprint density at radius 1 is 1.19 bits per heavy atom. The van der Waals surface area contributed by atoms with E-state index in [1.807, 2.05) is 0 Å². The highest BCUT2D eigenvalue weighted by Gasteiger charge is 2.18. The normalized spacial score (nSPS) is 12.1. The highest BCUT2D eigenvalue weighted by Crippen LogP contribution is 2.20. The Balaban J connectivity index is 2.75. The van der Waals surface area contributed by atoms with Crippen LogP contribution in [-0.2, 0) is 4.79 Å². The third-order valence-corrected chi connectivity index (χ3v) is 2.73. The molecule has 0 saturated carbocycles. The summed E-state index contributed by atoms with van der Waals surface area (Å²) in [4.78, 5) is 27.0. The molecule has 116 valence electrons. The molecule has 0 spiro atoms. The van der Waals surface area contributed by atoms with Gasteiger partial charge in [0.25, 0.3) is 5.91 Å². The van der Waals surface area contributed by atoms with Crippen molar-refractivity contribution in [3.8, 4) is 5.75 Å². The van der Waals surface area contributed by atoms with Crippen molar-refractivity contribution in [2.75, 3.05) is 34.7 Å². The number of carbonyl (C=O) groups excluding carboxylic acids is 2. The number of para-hydroxylation sites is 1. The van der Waals surface area contributed by atoms with E-state index in [1.54, 1.807) is 57.4 Å². The fourth-order valence-electron chi connectivity index (χ4n) is 1.82. The molecule has 0 aliphatic heterocycles. The van der Waals surface area contributed by atoms with Crippen LogP contribution in [0.4, 0.5) is 0 Å². The first-order valence-electron chi connectivity index (χ1n) is 6.65. The molecule has 0 aliphatic rings. The molecule has 1 rings (SSSR count). The Kier molecular flexibility index (Phi) is 6.33. The van der Waals surface area contributed by atoms with E-state index in [0.29, 0.717) is 12.1 Å². The van der Waals surface area contributed by atoms with Crippen molar-refractivity contribution < 1.29 is 19.4 Å². The van der Waals surface area contributed by atoms with Gasteiger partial charge in [0.15, 0.2) is 0 Å². The lowest BCUT2D eigenvalue weighted by molar-refractivity contribution is -0.136. The fraction of sp³-hybridized carbons (Fsp3) is 0.467. The van der Waals surface area contributed by atoms with Crippen LogP contribution in [0.15, 0.2) is 24.3 Å². The van der Waals surface area contributed by atoms with Gasteiger partial charge in [-0.25, -0.2) is 0 Å². The van der Waals surface area contributed by atoms with Crippen molar-refractivity contribution in [1.29, 1.82) is 0 Å². The van der Waals surface area contributed by atoms with Gasteiger partial charge < -0.3 is 19.6 Å². The van der Waals surface area contributed by atoms with Gasteiger partial charge in [-0.3, -0.25) is 9.59 Å². The summed E-state index contributed by atoms with van der Waals surface area (Å²) in [5.74, 6) is -0.603. The molecule has 1 N–H and O–H groups in total. The van der Waals surface area contributed by atoms with Gasteiger partial charge in [-0.15, -0.1) is 0 Å². The number of hydrogen-bond acceptors (Lipinski definition) is 5. The molecule has 6 nitrogen and oxygen atoms in total. The first-order valence-corrected chi connectivity index (χ1v) is 6.65. The number of amides is 1. The molecule has 1 atom stereocenters. The maximum Gasteiger partial charge on any atom is 0.313 e. The highest BCUT2D eigenvalue weighted by atomic mass is 16.5. The number of ether oxygens (including phenoxy) is 1. The van der Waals surface area contributed by atoms with E-state index in [-0.39, 0.29) is 18.1 Å². The summed E-state index contributed by atoms with van der Waals surface area (Å²) in [6, 6.07) is 6.55. The van der Waals surface area contributed by atoms with Gasteiger partial charge in [0, 0.05) is 20.6 Å². The molecular weight excluding hydrogens is 272 g/mol. The van der Waals surface area contributed by atoms with Gasteiger partial charge in [-0.2, -0.15) is 0 Å². The topological polar surface area (TPSA) is 70.1 Å². The van der Waals surface area contributed by atoms with Crippen LogP contribution in [0.1, 0.15) is 16.8 Å². The Morgan fingerprint density at radius 2 is 1.81 bits per heavy atom. The maximum atomic E-state index is 12.0. The molecule has 1 aromatic carbocycles. The molecular formula is C15H22N2O4. The predicted octanol–water partition coefficient (Wildman–Crippen LogP) is 0.606. The summed E-state index contributed by atoms with van der Waals surface area (Å²) in [6.07, 6.45) is -0.924. The van der Waals surface area contributed by atoms with Crippen molar-refractivity contribution in [2.24, 2.45) is 0 Å². The fourth-order valence-corrected chi connectivity index (χ4v) is 1.82. The molecule has 0 heterocycles. The molecule has 0 fully saturated rings. The Morgan fingerprint density at radius 3 is 2.38 bits per heavy atom. The van der Waals surface area contributed by atoms with Gasteiger partial charge in [-0.05, 0) is 26.2 Å². The molecule has 0 saturated heterocycles. The summed E-state index contributed by atoms with van der Waals surface area (Å²) >= 11 is 0. The minimum Gasteiger partial charge on any atom is -0.426 e.